The van der Waals surface area contributed by atoms with Gasteiger partial charge in [-0.2, -0.15) is 0 Å². The van der Waals surface area contributed by atoms with E-state index in [1.165, 1.54) is 77.0 Å². The molecule has 4 N–H and O–H groups in total. The summed E-state index contributed by atoms with van der Waals surface area (Å²) in [5.41, 5.74) is 7.18. The van der Waals surface area contributed by atoms with Crippen LogP contribution in [-0.4, -0.2) is 22.4 Å². The molecule has 0 aliphatic carbocycles. The molecule has 3 nitrogen and oxygen atoms in total. The maximum absolute atomic E-state index is 10.2. The van der Waals surface area contributed by atoms with Gasteiger partial charge in [-0.05, 0) is 30.5 Å². The molecule has 0 spiro atoms. The van der Waals surface area contributed by atoms with E-state index < -0.39 is 6.10 Å². The highest BCUT2D eigenvalue weighted by atomic mass is 16.3. The molecule has 0 fully saturated rings. The first-order chi connectivity index (χ1) is 13.1. The molecule has 2 atom stereocenters. The topological polar surface area (TPSA) is 66.5 Å². The lowest BCUT2D eigenvalue weighted by Crippen LogP contribution is -2.36. The smallest absolute Gasteiger partial charge is 0.115 e. The summed E-state index contributed by atoms with van der Waals surface area (Å²) < 4.78 is 0. The van der Waals surface area contributed by atoms with Gasteiger partial charge in [0.25, 0.3) is 0 Å². The van der Waals surface area contributed by atoms with Gasteiger partial charge in [-0.1, -0.05) is 103 Å². The van der Waals surface area contributed by atoms with E-state index in [2.05, 4.69) is 6.92 Å². The summed E-state index contributed by atoms with van der Waals surface area (Å²) in [6.45, 7) is 2.27. The van der Waals surface area contributed by atoms with Gasteiger partial charge in [0.15, 0.2) is 0 Å². The first kappa shape index (κ1) is 24.0. The summed E-state index contributed by atoms with van der Waals surface area (Å²) in [6.07, 6.45) is 18.4. The van der Waals surface area contributed by atoms with Crippen molar-refractivity contribution >= 4 is 0 Å². The van der Waals surface area contributed by atoms with Crippen LogP contribution in [0.1, 0.15) is 102 Å². The number of phenols is 1. The fourth-order valence-electron chi connectivity index (χ4n) is 3.63. The predicted octanol–water partition coefficient (Wildman–Crippen LogP) is 6.10. The quantitative estimate of drug-likeness (QED) is 0.287. The van der Waals surface area contributed by atoms with Crippen molar-refractivity contribution in [2.24, 2.45) is 5.73 Å². The van der Waals surface area contributed by atoms with E-state index in [1.54, 1.807) is 12.1 Å². The van der Waals surface area contributed by atoms with Crippen molar-refractivity contribution in [1.82, 2.24) is 0 Å². The third-order valence-corrected chi connectivity index (χ3v) is 5.51. The van der Waals surface area contributed by atoms with Gasteiger partial charge in [-0.3, -0.25) is 0 Å². The van der Waals surface area contributed by atoms with E-state index in [1.807, 2.05) is 12.1 Å². The van der Waals surface area contributed by atoms with Gasteiger partial charge in [0.2, 0.25) is 0 Å². The van der Waals surface area contributed by atoms with Crippen molar-refractivity contribution in [2.45, 2.75) is 115 Å². The average molecular weight is 378 g/mol. The van der Waals surface area contributed by atoms with Crippen molar-refractivity contribution in [3.8, 4) is 5.75 Å². The largest absolute Gasteiger partial charge is 0.508 e. The molecule has 27 heavy (non-hydrogen) atoms. The molecule has 0 amide bonds. The van der Waals surface area contributed by atoms with Gasteiger partial charge in [0.05, 0.1) is 6.10 Å². The summed E-state index contributed by atoms with van der Waals surface area (Å²) in [7, 11) is 0. The average Bonchev–Trinajstić information content (AvgIpc) is 2.67. The van der Waals surface area contributed by atoms with Gasteiger partial charge >= 0.3 is 0 Å². The van der Waals surface area contributed by atoms with Crippen LogP contribution in [-0.2, 0) is 6.42 Å². The third kappa shape index (κ3) is 12.9. The monoisotopic (exact) mass is 377 g/mol. The summed E-state index contributed by atoms with van der Waals surface area (Å²) in [5.74, 6) is 0.264. The van der Waals surface area contributed by atoms with E-state index in [9.17, 15) is 10.2 Å². The lowest BCUT2D eigenvalue weighted by atomic mass is 9.97. The summed E-state index contributed by atoms with van der Waals surface area (Å²) in [4.78, 5) is 0. The number of aromatic hydroxyl groups is 1. The van der Waals surface area contributed by atoms with E-state index in [0.717, 1.165) is 18.4 Å². The van der Waals surface area contributed by atoms with Crippen LogP contribution in [0.2, 0.25) is 0 Å². The molecule has 0 saturated carbocycles. The second kappa shape index (κ2) is 15.9. The van der Waals surface area contributed by atoms with Crippen LogP contribution in [0.15, 0.2) is 24.3 Å². The molecule has 1 aromatic rings. The number of hydrogen-bond donors (Lipinski definition) is 3. The van der Waals surface area contributed by atoms with Crippen molar-refractivity contribution < 1.29 is 10.2 Å². The molecule has 156 valence electrons. The maximum Gasteiger partial charge on any atom is 0.115 e. The normalized spacial score (nSPS) is 13.6. The molecule has 0 unspecified atom stereocenters. The number of aliphatic hydroxyl groups excluding tert-OH is 1. The second-order valence-electron chi connectivity index (χ2n) is 8.13. The highest BCUT2D eigenvalue weighted by Gasteiger charge is 2.14. The highest BCUT2D eigenvalue weighted by Crippen LogP contribution is 2.16. The molecule has 3 heteroatoms. The Balaban J connectivity index is 1.91. The number of nitrogens with two attached hydrogens (primary N) is 1. The molecule has 0 heterocycles. The minimum atomic E-state index is -0.438. The Morgan fingerprint density at radius 3 is 1.67 bits per heavy atom. The van der Waals surface area contributed by atoms with E-state index in [0.29, 0.717) is 6.42 Å². The Hall–Kier alpha value is -1.06. The zero-order valence-electron chi connectivity index (χ0n) is 17.5. The Kier molecular flexibility index (Phi) is 14.2. The fraction of sp³-hybridized carbons (Fsp3) is 0.750. The van der Waals surface area contributed by atoms with E-state index in [4.69, 9.17) is 5.73 Å². The summed E-state index contributed by atoms with van der Waals surface area (Å²) >= 11 is 0. The lowest BCUT2D eigenvalue weighted by Gasteiger charge is -2.19. The Morgan fingerprint density at radius 1 is 0.741 bits per heavy atom. The fourth-order valence-corrected chi connectivity index (χ4v) is 3.63. The van der Waals surface area contributed by atoms with E-state index >= 15 is 0 Å². The predicted molar refractivity (Wildman–Crippen MR) is 116 cm³/mol. The molecule has 1 aromatic carbocycles. The zero-order valence-corrected chi connectivity index (χ0v) is 17.5. The first-order valence-corrected chi connectivity index (χ1v) is 11.3. The maximum atomic E-state index is 10.2. The van der Waals surface area contributed by atoms with Crippen LogP contribution < -0.4 is 5.73 Å². The second-order valence-corrected chi connectivity index (χ2v) is 8.13. The van der Waals surface area contributed by atoms with Gasteiger partial charge in [-0.15, -0.1) is 0 Å². The van der Waals surface area contributed by atoms with E-state index in [-0.39, 0.29) is 11.8 Å². The SMILES string of the molecule is CCCCCCCCCCCCCCC[C@@H](O)[C@@H](N)Cc1ccc(O)cc1. The molecule has 1 rings (SSSR count). The third-order valence-electron chi connectivity index (χ3n) is 5.51. The van der Waals surface area contributed by atoms with Gasteiger partial charge in [0.1, 0.15) is 5.75 Å². The summed E-state index contributed by atoms with van der Waals surface area (Å²) in [6, 6.07) is 6.84. The molecular formula is C24H43NO2. The zero-order chi connectivity index (χ0) is 19.7. The molecule has 0 bridgehead atoms. The molecule has 0 aliphatic heterocycles. The van der Waals surface area contributed by atoms with Gasteiger partial charge in [0, 0.05) is 6.04 Å². The van der Waals surface area contributed by atoms with Crippen LogP contribution in [0, 0.1) is 0 Å². The number of unbranched alkanes of at least 4 members (excludes halogenated alkanes) is 12. The highest BCUT2D eigenvalue weighted by molar-refractivity contribution is 5.26. The molecule has 0 aromatic heterocycles. The van der Waals surface area contributed by atoms with Crippen LogP contribution >= 0.6 is 0 Å². The number of benzene rings is 1. The van der Waals surface area contributed by atoms with Crippen LogP contribution in [0.4, 0.5) is 0 Å². The Labute approximate surface area is 167 Å². The lowest BCUT2D eigenvalue weighted by molar-refractivity contribution is 0.131. The number of phenolic OH excluding ortho intramolecular Hbond substituents is 1. The number of aliphatic hydroxyl groups is 1. The van der Waals surface area contributed by atoms with Crippen LogP contribution in [0.5, 0.6) is 5.75 Å². The molecular weight excluding hydrogens is 334 g/mol. The molecule has 0 aliphatic rings. The van der Waals surface area contributed by atoms with Crippen molar-refractivity contribution in [2.75, 3.05) is 0 Å². The van der Waals surface area contributed by atoms with Crippen molar-refractivity contribution in [3.63, 3.8) is 0 Å². The minimum Gasteiger partial charge on any atom is -0.508 e. The van der Waals surface area contributed by atoms with Crippen LogP contribution in [0.25, 0.3) is 0 Å². The van der Waals surface area contributed by atoms with Gasteiger partial charge in [-0.25, -0.2) is 0 Å². The molecule has 0 radical (unpaired) electrons. The summed E-state index contributed by atoms with van der Waals surface area (Å²) in [5, 5.41) is 19.5. The van der Waals surface area contributed by atoms with Gasteiger partial charge < -0.3 is 15.9 Å². The first-order valence-electron chi connectivity index (χ1n) is 11.3. The van der Waals surface area contributed by atoms with Crippen LogP contribution in [0.3, 0.4) is 0 Å². The molecule has 0 saturated heterocycles. The number of hydrogen-bond acceptors (Lipinski definition) is 3. The van der Waals surface area contributed by atoms with Crippen molar-refractivity contribution in [3.05, 3.63) is 29.8 Å². The number of rotatable bonds is 17. The Morgan fingerprint density at radius 2 is 1.19 bits per heavy atom. The van der Waals surface area contributed by atoms with Crippen molar-refractivity contribution in [1.29, 1.82) is 0 Å². The standard InChI is InChI=1S/C24H43NO2/c1-2-3-4-5-6-7-8-9-10-11-12-13-14-15-24(27)23(25)20-21-16-18-22(26)19-17-21/h16-19,23-24,26-27H,2-15,20,25H2,1H3/t23-,24+/m0/s1. The Bertz CT molecular complexity index is 446. The minimum absolute atomic E-state index is 0.230.